The Balaban J connectivity index is 2.16. The van der Waals surface area contributed by atoms with Crippen LogP contribution in [0.3, 0.4) is 0 Å². The maximum atomic E-state index is 13.3. The average Bonchev–Trinajstić information content (AvgIpc) is 2.48. The van der Waals surface area contributed by atoms with Crippen LogP contribution >= 0.6 is 0 Å². The first kappa shape index (κ1) is 14.8. The van der Waals surface area contributed by atoms with Gasteiger partial charge in [0.15, 0.2) is 5.84 Å². The van der Waals surface area contributed by atoms with E-state index in [2.05, 4.69) is 17.0 Å². The van der Waals surface area contributed by atoms with Gasteiger partial charge in [0.1, 0.15) is 5.82 Å². The second-order valence-corrected chi connectivity index (χ2v) is 5.44. The summed E-state index contributed by atoms with van der Waals surface area (Å²) < 4.78 is 13.3. The van der Waals surface area contributed by atoms with Crippen LogP contribution in [0.25, 0.3) is 0 Å². The number of piperidine rings is 1. The van der Waals surface area contributed by atoms with E-state index >= 15 is 0 Å². The molecule has 5 heteroatoms. The molecule has 1 aliphatic heterocycles. The van der Waals surface area contributed by atoms with Gasteiger partial charge in [0, 0.05) is 18.7 Å². The first-order chi connectivity index (χ1) is 9.63. The van der Waals surface area contributed by atoms with Crippen molar-refractivity contribution in [1.82, 2.24) is 4.90 Å². The summed E-state index contributed by atoms with van der Waals surface area (Å²) in [7, 11) is 0. The van der Waals surface area contributed by atoms with Crippen molar-refractivity contribution < 1.29 is 9.60 Å². The van der Waals surface area contributed by atoms with Crippen LogP contribution in [-0.2, 0) is 6.54 Å². The van der Waals surface area contributed by atoms with E-state index < -0.39 is 0 Å². The molecule has 1 unspecified atom stereocenters. The molecular formula is C15H22FN3O. The fourth-order valence-electron chi connectivity index (χ4n) is 2.85. The van der Waals surface area contributed by atoms with E-state index in [-0.39, 0.29) is 11.7 Å². The van der Waals surface area contributed by atoms with Crippen LogP contribution in [0, 0.1) is 11.7 Å². The van der Waals surface area contributed by atoms with Crippen LogP contribution in [0.5, 0.6) is 0 Å². The molecule has 1 fully saturated rings. The number of hydrogen-bond donors (Lipinski definition) is 2. The fraction of sp³-hybridized carbons (Fsp3) is 0.533. The van der Waals surface area contributed by atoms with Crippen molar-refractivity contribution in [1.29, 1.82) is 0 Å². The van der Waals surface area contributed by atoms with Gasteiger partial charge in [0.05, 0.1) is 0 Å². The molecule has 1 atom stereocenters. The summed E-state index contributed by atoms with van der Waals surface area (Å²) in [6.45, 7) is 5.03. The van der Waals surface area contributed by atoms with Crippen molar-refractivity contribution in [3.05, 3.63) is 35.1 Å². The molecule has 4 nitrogen and oxygen atoms in total. The molecule has 1 aliphatic rings. The summed E-state index contributed by atoms with van der Waals surface area (Å²) in [4.78, 5) is 2.36. The normalized spacial score (nSPS) is 21.1. The Kier molecular flexibility index (Phi) is 4.95. The van der Waals surface area contributed by atoms with E-state index in [1.165, 1.54) is 31.4 Å². The molecule has 3 N–H and O–H groups in total. The van der Waals surface area contributed by atoms with Gasteiger partial charge < -0.3 is 10.9 Å². The molecule has 110 valence electrons. The lowest BCUT2D eigenvalue weighted by atomic mass is 9.95. The second kappa shape index (κ2) is 6.70. The number of benzene rings is 1. The molecule has 0 aliphatic carbocycles. The van der Waals surface area contributed by atoms with Crippen molar-refractivity contribution >= 4 is 5.84 Å². The van der Waals surface area contributed by atoms with Crippen molar-refractivity contribution in [2.24, 2.45) is 16.8 Å². The van der Waals surface area contributed by atoms with Crippen LogP contribution in [0.15, 0.2) is 23.4 Å². The third kappa shape index (κ3) is 3.48. The Morgan fingerprint density at radius 3 is 3.05 bits per heavy atom. The molecule has 0 amide bonds. The second-order valence-electron chi connectivity index (χ2n) is 5.44. The molecule has 0 spiro atoms. The number of nitrogens with zero attached hydrogens (tertiary/aromatic N) is 2. The third-order valence-corrected chi connectivity index (χ3v) is 4.03. The van der Waals surface area contributed by atoms with Gasteiger partial charge >= 0.3 is 0 Å². The largest absolute Gasteiger partial charge is 0.409 e. The minimum Gasteiger partial charge on any atom is -0.409 e. The van der Waals surface area contributed by atoms with Crippen molar-refractivity contribution in [2.45, 2.75) is 32.7 Å². The standard InChI is InChI=1S/C15H22FN3O/c1-2-11-4-3-7-19(9-11)10-12-5-6-13(16)8-14(12)15(17)18-20/h5-6,8,11,20H,2-4,7,9-10H2,1H3,(H2,17,18). The summed E-state index contributed by atoms with van der Waals surface area (Å²) in [5.74, 6) is 0.320. The highest BCUT2D eigenvalue weighted by molar-refractivity contribution is 5.98. The molecule has 0 aromatic heterocycles. The zero-order chi connectivity index (χ0) is 14.5. The summed E-state index contributed by atoms with van der Waals surface area (Å²) in [6.07, 6.45) is 3.66. The number of nitrogens with two attached hydrogens (primary N) is 1. The Labute approximate surface area is 119 Å². The first-order valence-corrected chi connectivity index (χ1v) is 7.12. The predicted octanol–water partition coefficient (Wildman–Crippen LogP) is 2.54. The summed E-state index contributed by atoms with van der Waals surface area (Å²) >= 11 is 0. The highest BCUT2D eigenvalue weighted by atomic mass is 19.1. The van der Waals surface area contributed by atoms with Gasteiger partial charge in [0.25, 0.3) is 0 Å². The van der Waals surface area contributed by atoms with E-state index in [0.29, 0.717) is 12.1 Å². The molecule has 2 rings (SSSR count). The molecular weight excluding hydrogens is 257 g/mol. The molecule has 1 aromatic rings. The van der Waals surface area contributed by atoms with Gasteiger partial charge in [-0.25, -0.2) is 4.39 Å². The fourth-order valence-corrected chi connectivity index (χ4v) is 2.85. The zero-order valence-corrected chi connectivity index (χ0v) is 11.8. The maximum Gasteiger partial charge on any atom is 0.170 e. The predicted molar refractivity (Wildman–Crippen MR) is 77.2 cm³/mol. The van der Waals surface area contributed by atoms with Gasteiger partial charge in [-0.15, -0.1) is 0 Å². The Hall–Kier alpha value is -1.62. The monoisotopic (exact) mass is 279 g/mol. The molecule has 0 saturated carbocycles. The first-order valence-electron chi connectivity index (χ1n) is 7.12. The highest BCUT2D eigenvalue weighted by Crippen LogP contribution is 2.22. The van der Waals surface area contributed by atoms with E-state index in [1.54, 1.807) is 6.07 Å². The van der Waals surface area contributed by atoms with Crippen LogP contribution in [0.2, 0.25) is 0 Å². The van der Waals surface area contributed by atoms with E-state index in [4.69, 9.17) is 10.9 Å². The molecule has 1 saturated heterocycles. The Morgan fingerprint density at radius 2 is 2.35 bits per heavy atom. The Morgan fingerprint density at radius 1 is 1.55 bits per heavy atom. The number of hydrogen-bond acceptors (Lipinski definition) is 3. The van der Waals surface area contributed by atoms with Gasteiger partial charge in [-0.05, 0) is 43.0 Å². The van der Waals surface area contributed by atoms with E-state index in [9.17, 15) is 4.39 Å². The molecule has 1 heterocycles. The lowest BCUT2D eigenvalue weighted by Crippen LogP contribution is -2.35. The topological polar surface area (TPSA) is 61.8 Å². The number of likely N-dealkylation sites (tertiary alicyclic amines) is 1. The minimum atomic E-state index is -0.375. The van der Waals surface area contributed by atoms with Crippen LogP contribution in [0.4, 0.5) is 4.39 Å². The molecule has 20 heavy (non-hydrogen) atoms. The smallest absolute Gasteiger partial charge is 0.170 e. The summed E-state index contributed by atoms with van der Waals surface area (Å²) in [6, 6.07) is 4.47. The third-order valence-electron chi connectivity index (χ3n) is 4.03. The van der Waals surface area contributed by atoms with Crippen molar-refractivity contribution in [3.8, 4) is 0 Å². The quantitative estimate of drug-likeness (QED) is 0.385. The maximum absolute atomic E-state index is 13.3. The highest BCUT2D eigenvalue weighted by Gasteiger charge is 2.20. The van der Waals surface area contributed by atoms with Crippen LogP contribution in [-0.4, -0.2) is 29.0 Å². The molecule has 0 radical (unpaired) electrons. The van der Waals surface area contributed by atoms with Crippen LogP contribution < -0.4 is 5.73 Å². The average molecular weight is 279 g/mol. The minimum absolute atomic E-state index is 0.0384. The number of halogens is 1. The van der Waals surface area contributed by atoms with E-state index in [0.717, 1.165) is 24.6 Å². The van der Waals surface area contributed by atoms with Crippen molar-refractivity contribution in [2.75, 3.05) is 13.1 Å². The molecule has 0 bridgehead atoms. The van der Waals surface area contributed by atoms with E-state index in [1.807, 2.05) is 0 Å². The lowest BCUT2D eigenvalue weighted by molar-refractivity contribution is 0.164. The van der Waals surface area contributed by atoms with Crippen LogP contribution in [0.1, 0.15) is 37.3 Å². The SMILES string of the molecule is CCC1CCCN(Cc2ccc(F)cc2C(N)=NO)C1. The Bertz CT molecular complexity index is 490. The van der Waals surface area contributed by atoms with Gasteiger partial charge in [0.2, 0.25) is 0 Å². The van der Waals surface area contributed by atoms with Crippen molar-refractivity contribution in [3.63, 3.8) is 0 Å². The number of rotatable bonds is 4. The summed E-state index contributed by atoms with van der Waals surface area (Å²) in [5.41, 5.74) is 7.02. The lowest BCUT2D eigenvalue weighted by Gasteiger charge is -2.32. The number of oxime groups is 1. The zero-order valence-electron chi connectivity index (χ0n) is 11.8. The number of amidine groups is 1. The van der Waals surface area contributed by atoms with Gasteiger partial charge in [-0.3, -0.25) is 4.90 Å². The van der Waals surface area contributed by atoms with Gasteiger partial charge in [-0.2, -0.15) is 0 Å². The van der Waals surface area contributed by atoms with Gasteiger partial charge in [-0.1, -0.05) is 24.6 Å². The summed E-state index contributed by atoms with van der Waals surface area (Å²) in [5, 5.41) is 11.8. The molecule has 1 aromatic carbocycles.